The minimum atomic E-state index is -4.97. The normalized spacial score (nSPS) is 14.1. The Morgan fingerprint density at radius 1 is 0.262 bits per heavy atom. The average Bonchev–Trinajstić information content (AvgIpc) is 0.904. The fourth-order valence-corrected chi connectivity index (χ4v) is 15.2. The number of aliphatic hydroxyl groups is 1. The molecule has 0 rings (SSSR count). The summed E-state index contributed by atoms with van der Waals surface area (Å²) < 4.78 is 68.9. The minimum Gasteiger partial charge on any atom is -0.462 e. The number of unbranched alkanes of at least 4 members (excludes halogenated alkanes) is 50. The van der Waals surface area contributed by atoms with E-state index in [4.69, 9.17) is 37.0 Å². The summed E-state index contributed by atoms with van der Waals surface area (Å²) in [5, 5.41) is 10.7. The number of phosphoric ester groups is 2. The van der Waals surface area contributed by atoms with Crippen molar-refractivity contribution in [1.82, 2.24) is 0 Å². The van der Waals surface area contributed by atoms with Crippen molar-refractivity contribution in [1.29, 1.82) is 0 Å². The van der Waals surface area contributed by atoms with Gasteiger partial charge in [-0.15, -0.1) is 0 Å². The van der Waals surface area contributed by atoms with Crippen LogP contribution in [0.5, 0.6) is 0 Å². The molecule has 0 aliphatic rings. The molecule has 0 bridgehead atoms. The lowest BCUT2D eigenvalue weighted by molar-refractivity contribution is -0.161. The molecule has 3 unspecified atom stereocenters. The van der Waals surface area contributed by atoms with Crippen molar-refractivity contribution in [2.75, 3.05) is 39.6 Å². The van der Waals surface area contributed by atoms with Gasteiger partial charge in [-0.25, -0.2) is 9.13 Å². The monoisotopic (exact) mass is 1560 g/mol. The number of phosphoric acid groups is 2. The Bertz CT molecular complexity index is 2080. The lowest BCUT2D eigenvalue weighted by atomic mass is 9.99. The third-order valence-electron chi connectivity index (χ3n) is 20.9. The Hall–Kier alpha value is -1.94. The first-order valence-electron chi connectivity index (χ1n) is 45.2. The SMILES string of the molecule is CCC(C)CCCCCCCCCCCCC(=O)O[C@H](COC(=O)CCCCCCCCCCC(C)C)COP(=O)(O)OC[C@H](O)COP(=O)(O)OC[C@@H](COC(=O)CCCCCCCCCCCCCCCCCCCCC(C)C)OC(=O)CCCCCCCCCCCCCCCCCCCCC(C)C. The zero-order valence-corrected chi connectivity index (χ0v) is 72.6. The summed E-state index contributed by atoms with van der Waals surface area (Å²) in [4.78, 5) is 73.3. The predicted molar refractivity (Wildman–Crippen MR) is 441 cm³/mol. The van der Waals surface area contributed by atoms with Gasteiger partial charge in [0, 0.05) is 25.7 Å². The Morgan fingerprint density at radius 2 is 0.449 bits per heavy atom. The van der Waals surface area contributed by atoms with Crippen molar-refractivity contribution >= 4 is 39.5 Å². The third kappa shape index (κ3) is 80.5. The van der Waals surface area contributed by atoms with Gasteiger partial charge in [-0.05, 0) is 49.4 Å². The van der Waals surface area contributed by atoms with E-state index in [1.54, 1.807) is 0 Å². The Balaban J connectivity index is 5.23. The standard InChI is InChI=1S/C88H172O17P2/c1-9-81(8)67-59-51-43-34-30-31-37-47-55-63-71-88(93)105-84(75-99-86(91)69-61-53-45-39-38-42-50-58-66-80(6)7)77-103-107(96,97)101-73-82(89)72-100-106(94,95)102-76-83(104-87(92)70-62-54-46-36-29-25-21-17-13-11-15-19-23-27-33-41-49-57-65-79(4)5)74-98-85(90)68-60-52-44-35-28-24-20-16-12-10-14-18-22-26-32-40-48-56-64-78(2)3/h78-84,89H,9-77H2,1-8H3,(H,94,95)(H,96,97)/t81?,82-,83-,84-/m1/s1. The van der Waals surface area contributed by atoms with Crippen molar-refractivity contribution in [3.05, 3.63) is 0 Å². The number of carbonyl (C=O) groups is 4. The lowest BCUT2D eigenvalue weighted by Crippen LogP contribution is -2.30. The van der Waals surface area contributed by atoms with Crippen LogP contribution in [-0.4, -0.2) is 96.7 Å². The molecule has 0 saturated heterocycles. The minimum absolute atomic E-state index is 0.106. The smallest absolute Gasteiger partial charge is 0.462 e. The first-order valence-corrected chi connectivity index (χ1v) is 48.2. The van der Waals surface area contributed by atoms with E-state index >= 15 is 0 Å². The molecule has 0 amide bonds. The summed E-state index contributed by atoms with van der Waals surface area (Å²) in [5.41, 5.74) is 0. The summed E-state index contributed by atoms with van der Waals surface area (Å²) in [6.45, 7) is 14.4. The van der Waals surface area contributed by atoms with Crippen molar-refractivity contribution in [3.8, 4) is 0 Å². The van der Waals surface area contributed by atoms with E-state index < -0.39 is 97.5 Å². The van der Waals surface area contributed by atoms with E-state index in [1.165, 1.54) is 263 Å². The van der Waals surface area contributed by atoms with E-state index in [2.05, 4.69) is 55.4 Å². The van der Waals surface area contributed by atoms with Crippen LogP contribution in [0.1, 0.15) is 460 Å². The summed E-state index contributed by atoms with van der Waals surface area (Å²) in [6, 6.07) is 0. The van der Waals surface area contributed by atoms with Gasteiger partial charge in [-0.1, -0.05) is 409 Å². The molecule has 0 aromatic heterocycles. The molecule has 0 heterocycles. The summed E-state index contributed by atoms with van der Waals surface area (Å²) in [5.74, 6) is 1.07. The van der Waals surface area contributed by atoms with Crippen LogP contribution in [0.2, 0.25) is 0 Å². The molecule has 0 aromatic rings. The highest BCUT2D eigenvalue weighted by molar-refractivity contribution is 7.47. The maximum absolute atomic E-state index is 13.2. The number of aliphatic hydroxyl groups excluding tert-OH is 1. The number of hydrogen-bond acceptors (Lipinski definition) is 15. The lowest BCUT2D eigenvalue weighted by Gasteiger charge is -2.21. The van der Waals surface area contributed by atoms with E-state index in [0.717, 1.165) is 114 Å². The van der Waals surface area contributed by atoms with Crippen molar-refractivity contribution in [2.24, 2.45) is 23.7 Å². The molecule has 0 aliphatic heterocycles. The van der Waals surface area contributed by atoms with Crippen molar-refractivity contribution in [3.63, 3.8) is 0 Å². The average molecular weight is 1560 g/mol. The van der Waals surface area contributed by atoms with Crippen LogP contribution < -0.4 is 0 Å². The topological polar surface area (TPSA) is 237 Å². The molecule has 0 saturated carbocycles. The molecule has 19 heteroatoms. The number of hydrogen-bond donors (Lipinski definition) is 3. The Kier molecular flexibility index (Phi) is 75.3. The highest BCUT2D eigenvalue weighted by atomic mass is 31.2. The largest absolute Gasteiger partial charge is 0.472 e. The highest BCUT2D eigenvalue weighted by Crippen LogP contribution is 2.45. The molecular formula is C88H172O17P2. The maximum atomic E-state index is 13.2. The van der Waals surface area contributed by atoms with Gasteiger partial charge in [-0.2, -0.15) is 0 Å². The van der Waals surface area contributed by atoms with E-state index in [-0.39, 0.29) is 25.7 Å². The van der Waals surface area contributed by atoms with Gasteiger partial charge in [-0.3, -0.25) is 37.3 Å². The van der Waals surface area contributed by atoms with Gasteiger partial charge in [0.25, 0.3) is 0 Å². The zero-order chi connectivity index (χ0) is 78.8. The predicted octanol–water partition coefficient (Wildman–Crippen LogP) is 26.7. The second-order valence-electron chi connectivity index (χ2n) is 33.3. The number of rotatable bonds is 85. The second kappa shape index (κ2) is 76.7. The molecule has 0 radical (unpaired) electrons. The summed E-state index contributed by atoms with van der Waals surface area (Å²) >= 11 is 0. The van der Waals surface area contributed by atoms with Crippen LogP contribution in [0.15, 0.2) is 0 Å². The molecule has 0 spiro atoms. The Labute approximate surface area is 658 Å². The number of carbonyl (C=O) groups excluding carboxylic acids is 4. The van der Waals surface area contributed by atoms with Crippen LogP contribution in [0.4, 0.5) is 0 Å². The first kappa shape index (κ1) is 105. The number of esters is 4. The fraction of sp³-hybridized carbons (Fsp3) is 0.955. The van der Waals surface area contributed by atoms with E-state index in [0.29, 0.717) is 25.7 Å². The van der Waals surface area contributed by atoms with E-state index in [9.17, 15) is 43.2 Å². The van der Waals surface area contributed by atoms with Gasteiger partial charge < -0.3 is 33.8 Å². The third-order valence-corrected chi connectivity index (χ3v) is 22.8. The molecule has 636 valence electrons. The van der Waals surface area contributed by atoms with Crippen LogP contribution >= 0.6 is 15.6 Å². The first-order chi connectivity index (χ1) is 51.6. The van der Waals surface area contributed by atoms with Crippen LogP contribution in [0.25, 0.3) is 0 Å². The fourth-order valence-electron chi connectivity index (χ4n) is 13.6. The number of ether oxygens (including phenoxy) is 4. The van der Waals surface area contributed by atoms with Crippen LogP contribution in [-0.2, 0) is 65.4 Å². The zero-order valence-electron chi connectivity index (χ0n) is 70.8. The van der Waals surface area contributed by atoms with Crippen LogP contribution in [0.3, 0.4) is 0 Å². The van der Waals surface area contributed by atoms with Gasteiger partial charge in [0.1, 0.15) is 19.3 Å². The molecule has 17 nitrogen and oxygen atoms in total. The van der Waals surface area contributed by atoms with Crippen LogP contribution in [0, 0.1) is 23.7 Å². The van der Waals surface area contributed by atoms with Gasteiger partial charge in [0.2, 0.25) is 0 Å². The molecule has 107 heavy (non-hydrogen) atoms. The van der Waals surface area contributed by atoms with Gasteiger partial charge in [0.15, 0.2) is 12.2 Å². The van der Waals surface area contributed by atoms with Gasteiger partial charge >= 0.3 is 39.5 Å². The molecule has 3 N–H and O–H groups in total. The molecule has 0 fully saturated rings. The quantitative estimate of drug-likeness (QED) is 0.0222. The van der Waals surface area contributed by atoms with Crippen molar-refractivity contribution in [2.45, 2.75) is 478 Å². The summed E-state index contributed by atoms with van der Waals surface area (Å²) in [7, 11) is -9.93. The second-order valence-corrected chi connectivity index (χ2v) is 36.2. The highest BCUT2D eigenvalue weighted by Gasteiger charge is 2.31. The van der Waals surface area contributed by atoms with Crippen molar-refractivity contribution < 1.29 is 80.2 Å². The molecule has 6 atom stereocenters. The maximum Gasteiger partial charge on any atom is 0.472 e. The summed E-state index contributed by atoms with van der Waals surface area (Å²) in [6.07, 6.45) is 66.7. The molecule has 0 aromatic carbocycles. The molecule has 0 aliphatic carbocycles. The molecular weight excluding hydrogens is 1390 g/mol. The van der Waals surface area contributed by atoms with E-state index in [1.807, 2.05) is 0 Å². The van der Waals surface area contributed by atoms with Gasteiger partial charge in [0.05, 0.1) is 26.4 Å². The Morgan fingerprint density at radius 3 is 0.664 bits per heavy atom.